The first-order valence-corrected chi connectivity index (χ1v) is 9.84. The second-order valence-electron chi connectivity index (χ2n) is 7.78. The topological polar surface area (TPSA) is 79.1 Å². The van der Waals surface area contributed by atoms with E-state index in [1.165, 1.54) is 18.4 Å². The number of ether oxygens (including phenoxy) is 1. The molecule has 0 spiro atoms. The largest absolute Gasteiger partial charge is 0.487 e. The summed E-state index contributed by atoms with van der Waals surface area (Å²) in [5, 5.41) is 8.60. The van der Waals surface area contributed by atoms with Gasteiger partial charge in [0.05, 0.1) is 25.6 Å². The minimum atomic E-state index is -0.0171. The molecule has 2 aliphatic rings. The van der Waals surface area contributed by atoms with Crippen LogP contribution in [0.1, 0.15) is 55.6 Å². The number of carbonyl (C=O) groups excluding carboxylic acids is 1. The Morgan fingerprint density at radius 2 is 1.93 bits per heavy atom. The van der Waals surface area contributed by atoms with Crippen LogP contribution in [0.15, 0.2) is 36.7 Å². The third kappa shape index (κ3) is 4.30. The van der Waals surface area contributed by atoms with Crippen LogP contribution in [0.25, 0.3) is 0 Å². The van der Waals surface area contributed by atoms with Gasteiger partial charge >= 0.3 is 0 Å². The molecule has 6 nitrogen and oxygen atoms in total. The molecule has 1 atom stereocenters. The van der Waals surface area contributed by atoms with Crippen LogP contribution < -0.4 is 9.64 Å². The van der Waals surface area contributed by atoms with Gasteiger partial charge in [0.15, 0.2) is 0 Å². The summed E-state index contributed by atoms with van der Waals surface area (Å²) in [4.78, 5) is 22.7. The first-order valence-electron chi connectivity index (χ1n) is 9.84. The van der Waals surface area contributed by atoms with Crippen LogP contribution in [0.2, 0.25) is 0 Å². The number of rotatable bonds is 8. The summed E-state index contributed by atoms with van der Waals surface area (Å²) in [7, 11) is 0. The standard InChI is InChI=1S/C22H24N4O2/c1-15(10-19(27)8-9-23)16-4-6-20(7-5-16)28-21-13-26(14-21)22-24-11-18(12-25-22)17-2-3-17/h4-7,11-12,15,17,21H,2-3,8,10,13-14H2,1H3/t15-/m1/s1. The lowest BCUT2D eigenvalue weighted by atomic mass is 9.95. The number of ketones is 1. The Bertz CT molecular complexity index is 863. The maximum absolute atomic E-state index is 11.6. The molecule has 1 aliphatic carbocycles. The summed E-state index contributed by atoms with van der Waals surface area (Å²) >= 11 is 0. The zero-order chi connectivity index (χ0) is 19.5. The second kappa shape index (κ2) is 7.97. The highest BCUT2D eigenvalue weighted by Gasteiger charge is 2.31. The average Bonchev–Trinajstić information content (AvgIpc) is 3.50. The summed E-state index contributed by atoms with van der Waals surface area (Å²) in [6, 6.07) is 9.80. The molecule has 28 heavy (non-hydrogen) atoms. The Morgan fingerprint density at radius 1 is 1.25 bits per heavy atom. The van der Waals surface area contributed by atoms with Crippen LogP contribution >= 0.6 is 0 Å². The molecular weight excluding hydrogens is 352 g/mol. The van der Waals surface area contributed by atoms with Crippen molar-refractivity contribution in [2.45, 2.75) is 50.5 Å². The van der Waals surface area contributed by atoms with Gasteiger partial charge < -0.3 is 9.64 Å². The van der Waals surface area contributed by atoms with Gasteiger partial charge in [-0.25, -0.2) is 9.97 Å². The molecular formula is C22H24N4O2. The molecule has 144 valence electrons. The van der Waals surface area contributed by atoms with Crippen molar-refractivity contribution in [2.24, 2.45) is 0 Å². The van der Waals surface area contributed by atoms with Crippen LogP contribution in [0.5, 0.6) is 5.75 Å². The van der Waals surface area contributed by atoms with Gasteiger partial charge in [-0.1, -0.05) is 19.1 Å². The van der Waals surface area contributed by atoms with Gasteiger partial charge in [-0.05, 0) is 47.9 Å². The number of anilines is 1. The van der Waals surface area contributed by atoms with Crippen molar-refractivity contribution >= 4 is 11.7 Å². The molecule has 0 amide bonds. The minimum Gasteiger partial charge on any atom is -0.487 e. The molecule has 2 fully saturated rings. The van der Waals surface area contributed by atoms with E-state index in [4.69, 9.17) is 10.00 Å². The van der Waals surface area contributed by atoms with E-state index < -0.39 is 0 Å². The minimum absolute atomic E-state index is 0.0164. The Hall–Kier alpha value is -2.94. The van der Waals surface area contributed by atoms with Gasteiger partial charge in [-0.2, -0.15) is 5.26 Å². The molecule has 0 radical (unpaired) electrons. The Balaban J connectivity index is 1.25. The predicted molar refractivity (Wildman–Crippen MR) is 105 cm³/mol. The number of carbonyl (C=O) groups is 1. The Morgan fingerprint density at radius 3 is 2.54 bits per heavy atom. The van der Waals surface area contributed by atoms with E-state index in [-0.39, 0.29) is 24.2 Å². The van der Waals surface area contributed by atoms with Crippen molar-refractivity contribution in [3.05, 3.63) is 47.8 Å². The lowest BCUT2D eigenvalue weighted by Gasteiger charge is -2.38. The quantitative estimate of drug-likeness (QED) is 0.700. The number of nitriles is 1. The van der Waals surface area contributed by atoms with E-state index in [0.29, 0.717) is 12.3 Å². The fourth-order valence-electron chi connectivity index (χ4n) is 3.49. The molecule has 0 bridgehead atoms. The van der Waals surface area contributed by atoms with E-state index in [2.05, 4.69) is 14.9 Å². The number of Topliss-reactive ketones (excluding diaryl/α,β-unsaturated/α-hetero) is 1. The van der Waals surface area contributed by atoms with Crippen molar-refractivity contribution in [1.82, 2.24) is 9.97 Å². The Kier molecular flexibility index (Phi) is 5.25. The smallest absolute Gasteiger partial charge is 0.225 e. The Labute approximate surface area is 165 Å². The van der Waals surface area contributed by atoms with Crippen molar-refractivity contribution in [1.29, 1.82) is 5.26 Å². The van der Waals surface area contributed by atoms with Crippen molar-refractivity contribution in [2.75, 3.05) is 18.0 Å². The third-order valence-corrected chi connectivity index (χ3v) is 5.40. The van der Waals surface area contributed by atoms with Crippen molar-refractivity contribution in [3.8, 4) is 11.8 Å². The molecule has 1 aromatic heterocycles. The van der Waals surface area contributed by atoms with Crippen LogP contribution in [-0.4, -0.2) is 34.9 Å². The zero-order valence-corrected chi connectivity index (χ0v) is 16.0. The average molecular weight is 376 g/mol. The molecule has 4 rings (SSSR count). The molecule has 0 N–H and O–H groups in total. The SMILES string of the molecule is C[C@H](CC(=O)CC#N)c1ccc(OC2CN(c3ncc(C4CC4)cn3)C2)cc1. The van der Waals surface area contributed by atoms with E-state index >= 15 is 0 Å². The van der Waals surface area contributed by atoms with Gasteiger partial charge in [0.2, 0.25) is 5.95 Å². The van der Waals surface area contributed by atoms with E-state index in [0.717, 1.165) is 30.4 Å². The zero-order valence-electron chi connectivity index (χ0n) is 16.0. The van der Waals surface area contributed by atoms with Crippen molar-refractivity contribution < 1.29 is 9.53 Å². The number of hydrogen-bond acceptors (Lipinski definition) is 6. The highest BCUT2D eigenvalue weighted by molar-refractivity contribution is 5.81. The highest BCUT2D eigenvalue weighted by atomic mass is 16.5. The van der Waals surface area contributed by atoms with E-state index in [1.54, 1.807) is 0 Å². The molecule has 2 heterocycles. The molecule has 1 aromatic carbocycles. The summed E-state index contributed by atoms with van der Waals surface area (Å²) in [6.07, 6.45) is 6.94. The molecule has 1 saturated carbocycles. The summed E-state index contributed by atoms with van der Waals surface area (Å²) in [6.45, 7) is 3.57. The van der Waals surface area contributed by atoms with Crippen LogP contribution in [0, 0.1) is 11.3 Å². The molecule has 6 heteroatoms. The maximum Gasteiger partial charge on any atom is 0.225 e. The van der Waals surface area contributed by atoms with Crippen LogP contribution in [0.3, 0.4) is 0 Å². The monoisotopic (exact) mass is 376 g/mol. The van der Waals surface area contributed by atoms with Gasteiger partial charge in [-0.3, -0.25) is 4.79 Å². The number of benzene rings is 1. The summed E-state index contributed by atoms with van der Waals surface area (Å²) in [5.41, 5.74) is 2.33. The molecule has 1 saturated heterocycles. The number of hydrogen-bond donors (Lipinski definition) is 0. The fraction of sp³-hybridized carbons (Fsp3) is 0.455. The molecule has 0 unspecified atom stereocenters. The van der Waals surface area contributed by atoms with Gasteiger partial charge in [0.25, 0.3) is 0 Å². The van der Waals surface area contributed by atoms with E-state index in [1.807, 2.05) is 49.7 Å². The number of nitrogens with zero attached hydrogens (tertiary/aromatic N) is 4. The van der Waals surface area contributed by atoms with Crippen LogP contribution in [-0.2, 0) is 4.79 Å². The first kappa shape index (κ1) is 18.4. The van der Waals surface area contributed by atoms with E-state index in [9.17, 15) is 4.79 Å². The lowest BCUT2D eigenvalue weighted by Crippen LogP contribution is -2.54. The predicted octanol–water partition coefficient (Wildman–Crippen LogP) is 3.60. The lowest BCUT2D eigenvalue weighted by molar-refractivity contribution is -0.118. The maximum atomic E-state index is 11.6. The third-order valence-electron chi connectivity index (χ3n) is 5.40. The normalized spacial score (nSPS) is 17.5. The highest BCUT2D eigenvalue weighted by Crippen LogP contribution is 2.39. The van der Waals surface area contributed by atoms with Gasteiger partial charge in [-0.15, -0.1) is 0 Å². The second-order valence-corrected chi connectivity index (χ2v) is 7.78. The van der Waals surface area contributed by atoms with Crippen LogP contribution in [0.4, 0.5) is 5.95 Å². The van der Waals surface area contributed by atoms with Gasteiger partial charge in [0, 0.05) is 18.8 Å². The van der Waals surface area contributed by atoms with Crippen molar-refractivity contribution in [3.63, 3.8) is 0 Å². The molecule has 1 aliphatic heterocycles. The molecule has 2 aromatic rings. The number of aromatic nitrogens is 2. The summed E-state index contributed by atoms with van der Waals surface area (Å²) in [5.74, 6) is 2.36. The first-order chi connectivity index (χ1) is 13.6. The fourth-order valence-corrected chi connectivity index (χ4v) is 3.49. The van der Waals surface area contributed by atoms with Gasteiger partial charge in [0.1, 0.15) is 17.6 Å². The summed E-state index contributed by atoms with van der Waals surface area (Å²) < 4.78 is 6.02.